The Kier molecular flexibility index (Phi) is 7.06. The van der Waals surface area contributed by atoms with E-state index in [1.165, 1.54) is 5.56 Å². The van der Waals surface area contributed by atoms with Crippen LogP contribution in [0.2, 0.25) is 0 Å². The monoisotopic (exact) mass is 386 g/mol. The van der Waals surface area contributed by atoms with E-state index in [1.807, 2.05) is 26.0 Å². The van der Waals surface area contributed by atoms with E-state index in [9.17, 15) is 0 Å². The summed E-state index contributed by atoms with van der Waals surface area (Å²) in [6.45, 7) is 3.96. The zero-order valence-corrected chi connectivity index (χ0v) is 17.3. The molecule has 1 aliphatic heterocycles. The molecular formula is C20H30N6S. The van der Waals surface area contributed by atoms with Gasteiger partial charge in [0.1, 0.15) is 0 Å². The first-order chi connectivity index (χ1) is 13.1. The fraction of sp³-hybridized carbons (Fsp3) is 0.500. The zero-order chi connectivity index (χ0) is 19.1. The molecule has 0 amide bonds. The van der Waals surface area contributed by atoms with Crippen molar-refractivity contribution in [1.29, 1.82) is 0 Å². The fourth-order valence-electron chi connectivity index (χ4n) is 3.22. The highest BCUT2D eigenvalue weighted by atomic mass is 32.1. The van der Waals surface area contributed by atoms with Crippen molar-refractivity contribution in [2.45, 2.75) is 32.0 Å². The number of anilines is 1. The standard InChI is InChI=1S/C20H30N6S/c1-21-19(22-13-18-15-27-20(24-18)25(2)3)23-17-9-11-26(12-10-17)14-16-7-5-4-6-8-16/h4-8,15,17H,9-14H2,1-3H3,(H2,21,22,23). The molecule has 1 saturated heterocycles. The van der Waals surface area contributed by atoms with E-state index in [0.29, 0.717) is 12.6 Å². The normalized spacial score (nSPS) is 16.3. The van der Waals surface area contributed by atoms with Crippen LogP contribution in [0.1, 0.15) is 24.1 Å². The number of guanidine groups is 1. The van der Waals surface area contributed by atoms with Gasteiger partial charge < -0.3 is 15.5 Å². The molecule has 6 nitrogen and oxygen atoms in total. The van der Waals surface area contributed by atoms with Gasteiger partial charge in [-0.25, -0.2) is 4.98 Å². The number of hydrogen-bond acceptors (Lipinski definition) is 5. The second kappa shape index (κ2) is 9.71. The van der Waals surface area contributed by atoms with Crippen LogP contribution in [0.4, 0.5) is 5.13 Å². The Bertz CT molecular complexity index is 719. The summed E-state index contributed by atoms with van der Waals surface area (Å²) in [7, 11) is 5.85. The number of rotatable bonds is 6. The zero-order valence-electron chi connectivity index (χ0n) is 16.5. The summed E-state index contributed by atoms with van der Waals surface area (Å²) in [6, 6.07) is 11.2. The molecule has 0 atom stereocenters. The highest BCUT2D eigenvalue weighted by Crippen LogP contribution is 2.17. The SMILES string of the molecule is CN=C(NCc1csc(N(C)C)n1)NC1CCN(Cc2ccccc2)CC1. The predicted molar refractivity (Wildman–Crippen MR) is 115 cm³/mol. The summed E-state index contributed by atoms with van der Waals surface area (Å²) in [4.78, 5) is 13.5. The number of aliphatic imine (C=N–C) groups is 1. The Morgan fingerprint density at radius 2 is 2.00 bits per heavy atom. The van der Waals surface area contributed by atoms with Crippen molar-refractivity contribution in [2.75, 3.05) is 39.1 Å². The van der Waals surface area contributed by atoms with Crippen LogP contribution in [0, 0.1) is 0 Å². The van der Waals surface area contributed by atoms with Crippen LogP contribution in [-0.2, 0) is 13.1 Å². The van der Waals surface area contributed by atoms with Gasteiger partial charge in [-0.05, 0) is 18.4 Å². The quantitative estimate of drug-likeness (QED) is 0.590. The van der Waals surface area contributed by atoms with Gasteiger partial charge in [-0.1, -0.05) is 30.3 Å². The van der Waals surface area contributed by atoms with Gasteiger partial charge in [0.2, 0.25) is 0 Å². The summed E-state index contributed by atoms with van der Waals surface area (Å²) < 4.78 is 0. The highest BCUT2D eigenvalue weighted by Gasteiger charge is 2.20. The number of piperidine rings is 1. The van der Waals surface area contributed by atoms with Crippen molar-refractivity contribution in [3.63, 3.8) is 0 Å². The van der Waals surface area contributed by atoms with E-state index in [0.717, 1.165) is 49.3 Å². The van der Waals surface area contributed by atoms with Gasteiger partial charge in [-0.3, -0.25) is 9.89 Å². The van der Waals surface area contributed by atoms with E-state index in [4.69, 9.17) is 0 Å². The summed E-state index contributed by atoms with van der Waals surface area (Å²) >= 11 is 1.66. The molecule has 2 N–H and O–H groups in total. The number of thiazole rings is 1. The van der Waals surface area contributed by atoms with E-state index >= 15 is 0 Å². The average Bonchev–Trinajstić information content (AvgIpc) is 3.17. The molecule has 1 fully saturated rings. The number of aromatic nitrogens is 1. The number of benzene rings is 1. The van der Waals surface area contributed by atoms with Gasteiger partial charge in [0.05, 0.1) is 12.2 Å². The molecule has 0 bridgehead atoms. The maximum Gasteiger partial charge on any atom is 0.191 e. The molecular weight excluding hydrogens is 356 g/mol. The van der Waals surface area contributed by atoms with Crippen molar-refractivity contribution < 1.29 is 0 Å². The third kappa shape index (κ3) is 5.94. The summed E-state index contributed by atoms with van der Waals surface area (Å²) in [5, 5.41) is 10.1. The molecule has 2 aromatic rings. The highest BCUT2D eigenvalue weighted by molar-refractivity contribution is 7.13. The van der Waals surface area contributed by atoms with Crippen molar-refractivity contribution in [3.8, 4) is 0 Å². The third-order valence-electron chi connectivity index (χ3n) is 4.76. The molecule has 0 saturated carbocycles. The Labute approximate surface area is 166 Å². The Balaban J connectivity index is 1.41. The smallest absolute Gasteiger partial charge is 0.191 e. The molecule has 1 aliphatic rings. The Hall–Kier alpha value is -2.12. The van der Waals surface area contributed by atoms with Crippen LogP contribution in [0.15, 0.2) is 40.7 Å². The van der Waals surface area contributed by atoms with Crippen molar-refractivity contribution >= 4 is 22.4 Å². The van der Waals surface area contributed by atoms with Crippen LogP contribution in [0.5, 0.6) is 0 Å². The van der Waals surface area contributed by atoms with E-state index in [2.05, 4.69) is 61.2 Å². The lowest BCUT2D eigenvalue weighted by atomic mass is 10.0. The number of nitrogens with one attached hydrogen (secondary N) is 2. The molecule has 146 valence electrons. The molecule has 1 aromatic heterocycles. The van der Waals surface area contributed by atoms with E-state index < -0.39 is 0 Å². The number of likely N-dealkylation sites (tertiary alicyclic amines) is 1. The average molecular weight is 387 g/mol. The van der Waals surface area contributed by atoms with Gasteiger partial charge in [0.15, 0.2) is 11.1 Å². The largest absolute Gasteiger partial charge is 0.354 e. The van der Waals surface area contributed by atoms with Gasteiger partial charge in [-0.15, -0.1) is 11.3 Å². The maximum absolute atomic E-state index is 4.61. The van der Waals surface area contributed by atoms with Crippen molar-refractivity contribution in [1.82, 2.24) is 20.5 Å². The van der Waals surface area contributed by atoms with Crippen LogP contribution in [0.3, 0.4) is 0 Å². The molecule has 3 rings (SSSR count). The predicted octanol–water partition coefficient (Wildman–Crippen LogP) is 2.54. The topological polar surface area (TPSA) is 55.8 Å². The van der Waals surface area contributed by atoms with Crippen LogP contribution >= 0.6 is 11.3 Å². The molecule has 0 unspecified atom stereocenters. The minimum Gasteiger partial charge on any atom is -0.354 e. The first-order valence-corrected chi connectivity index (χ1v) is 10.4. The lowest BCUT2D eigenvalue weighted by molar-refractivity contribution is 0.198. The molecule has 0 aliphatic carbocycles. The van der Waals surface area contributed by atoms with Gasteiger partial charge in [-0.2, -0.15) is 0 Å². The van der Waals surface area contributed by atoms with Crippen molar-refractivity contribution in [3.05, 3.63) is 47.0 Å². The minimum absolute atomic E-state index is 0.469. The van der Waals surface area contributed by atoms with Gasteiger partial charge in [0, 0.05) is 52.2 Å². The lowest BCUT2D eigenvalue weighted by Crippen LogP contribution is -2.48. The second-order valence-corrected chi connectivity index (χ2v) is 7.96. The maximum atomic E-state index is 4.61. The Morgan fingerprint density at radius 3 is 2.63 bits per heavy atom. The molecule has 7 heteroatoms. The van der Waals surface area contributed by atoms with Crippen molar-refractivity contribution in [2.24, 2.45) is 4.99 Å². The van der Waals surface area contributed by atoms with Gasteiger partial charge >= 0.3 is 0 Å². The molecule has 1 aromatic carbocycles. The van der Waals surface area contributed by atoms with E-state index in [-0.39, 0.29) is 0 Å². The minimum atomic E-state index is 0.469. The summed E-state index contributed by atoms with van der Waals surface area (Å²) in [6.07, 6.45) is 2.27. The Morgan fingerprint density at radius 1 is 1.26 bits per heavy atom. The molecule has 0 spiro atoms. The van der Waals surface area contributed by atoms with Gasteiger partial charge in [0.25, 0.3) is 0 Å². The lowest BCUT2D eigenvalue weighted by Gasteiger charge is -2.33. The van der Waals surface area contributed by atoms with Crippen LogP contribution < -0.4 is 15.5 Å². The summed E-state index contributed by atoms with van der Waals surface area (Å²) in [5.74, 6) is 0.857. The fourth-order valence-corrected chi connectivity index (χ4v) is 3.98. The number of nitrogens with zero attached hydrogens (tertiary/aromatic N) is 4. The van der Waals surface area contributed by atoms with Crippen LogP contribution in [-0.4, -0.2) is 56.1 Å². The molecule has 27 heavy (non-hydrogen) atoms. The molecule has 2 heterocycles. The third-order valence-corrected chi connectivity index (χ3v) is 5.82. The first kappa shape index (κ1) is 19.6. The first-order valence-electron chi connectivity index (χ1n) is 9.49. The second-order valence-electron chi connectivity index (χ2n) is 7.12. The van der Waals surface area contributed by atoms with E-state index in [1.54, 1.807) is 11.3 Å². The van der Waals surface area contributed by atoms with Crippen LogP contribution in [0.25, 0.3) is 0 Å². The molecule has 0 radical (unpaired) electrons. The number of hydrogen-bond donors (Lipinski definition) is 2. The summed E-state index contributed by atoms with van der Waals surface area (Å²) in [5.41, 5.74) is 2.44.